The predicted octanol–water partition coefficient (Wildman–Crippen LogP) is 2.37. The fraction of sp³-hybridized carbons (Fsp3) is 0.312. The van der Waals surface area contributed by atoms with Gasteiger partial charge in [-0.05, 0) is 13.8 Å². The number of aromatic nitrogens is 1. The maximum absolute atomic E-state index is 12.3. The summed E-state index contributed by atoms with van der Waals surface area (Å²) < 4.78 is 9.97. The maximum Gasteiger partial charge on any atom is 0.325 e. The van der Waals surface area contributed by atoms with Crippen molar-refractivity contribution in [1.82, 2.24) is 10.1 Å². The lowest BCUT2D eigenvalue weighted by Gasteiger charge is -2.17. The highest BCUT2D eigenvalue weighted by atomic mass is 16.5. The van der Waals surface area contributed by atoms with E-state index in [1.54, 1.807) is 19.9 Å². The van der Waals surface area contributed by atoms with E-state index in [1.807, 2.05) is 30.3 Å². The summed E-state index contributed by atoms with van der Waals surface area (Å²) in [5, 5.41) is 3.90. The molecule has 0 fully saturated rings. The molecule has 1 aromatic carbocycles. The Morgan fingerprint density at radius 2 is 1.95 bits per heavy atom. The number of carbonyl (C=O) groups excluding carboxylic acids is 2. The quantitative estimate of drug-likeness (QED) is 0.766. The molecular weight excluding hydrogens is 284 g/mol. The number of rotatable bonds is 6. The Morgan fingerprint density at radius 1 is 1.23 bits per heavy atom. The molecule has 22 heavy (non-hydrogen) atoms. The van der Waals surface area contributed by atoms with Gasteiger partial charge in [0.2, 0.25) is 5.76 Å². The molecule has 0 aliphatic carbocycles. The zero-order chi connectivity index (χ0) is 15.9. The zero-order valence-electron chi connectivity index (χ0n) is 12.6. The van der Waals surface area contributed by atoms with Crippen molar-refractivity contribution in [2.75, 3.05) is 19.7 Å². The van der Waals surface area contributed by atoms with Crippen LogP contribution in [0, 0.1) is 0 Å². The minimum absolute atomic E-state index is 0.102. The summed E-state index contributed by atoms with van der Waals surface area (Å²) in [6.45, 7) is 4.05. The van der Waals surface area contributed by atoms with E-state index in [2.05, 4.69) is 5.16 Å². The average Bonchev–Trinajstić information content (AvgIpc) is 3.03. The van der Waals surface area contributed by atoms with E-state index >= 15 is 0 Å². The number of likely N-dealkylation sites (N-methyl/N-ethyl adjacent to an activating group) is 1. The Morgan fingerprint density at radius 3 is 2.59 bits per heavy atom. The molecule has 1 aromatic heterocycles. The summed E-state index contributed by atoms with van der Waals surface area (Å²) in [5.74, 6) is -0.726. The van der Waals surface area contributed by atoms with Gasteiger partial charge in [-0.1, -0.05) is 35.5 Å². The van der Waals surface area contributed by atoms with Gasteiger partial charge in [0.25, 0.3) is 5.91 Å². The van der Waals surface area contributed by atoms with E-state index in [0.29, 0.717) is 12.2 Å². The highest BCUT2D eigenvalue weighted by Crippen LogP contribution is 2.19. The molecule has 1 amide bonds. The largest absolute Gasteiger partial charge is 0.465 e. The van der Waals surface area contributed by atoms with E-state index in [1.165, 1.54) is 4.90 Å². The van der Waals surface area contributed by atoms with Crippen molar-refractivity contribution in [3.63, 3.8) is 0 Å². The third-order valence-electron chi connectivity index (χ3n) is 3.08. The molecule has 6 heteroatoms. The highest BCUT2D eigenvalue weighted by molar-refractivity contribution is 5.94. The SMILES string of the molecule is CCOC(=O)CN(CC)C(=O)c1cc(-c2ccccc2)no1. The van der Waals surface area contributed by atoms with Crippen LogP contribution < -0.4 is 0 Å². The lowest BCUT2D eigenvalue weighted by molar-refractivity contribution is -0.143. The molecule has 6 nitrogen and oxygen atoms in total. The number of hydrogen-bond donors (Lipinski definition) is 0. The van der Waals surface area contributed by atoms with Crippen LogP contribution in [0.3, 0.4) is 0 Å². The van der Waals surface area contributed by atoms with Gasteiger partial charge in [0.15, 0.2) is 0 Å². The monoisotopic (exact) mass is 302 g/mol. The maximum atomic E-state index is 12.3. The van der Waals surface area contributed by atoms with E-state index in [0.717, 1.165) is 5.56 Å². The van der Waals surface area contributed by atoms with Crippen LogP contribution in [0.4, 0.5) is 0 Å². The smallest absolute Gasteiger partial charge is 0.325 e. The first-order valence-electron chi connectivity index (χ1n) is 7.12. The summed E-state index contributed by atoms with van der Waals surface area (Å²) >= 11 is 0. The Kier molecular flexibility index (Phi) is 5.30. The first-order valence-corrected chi connectivity index (χ1v) is 7.12. The van der Waals surface area contributed by atoms with Crippen LogP contribution in [0.15, 0.2) is 40.9 Å². The summed E-state index contributed by atoms with van der Waals surface area (Å²) in [6.07, 6.45) is 0. The summed E-state index contributed by atoms with van der Waals surface area (Å²) in [4.78, 5) is 25.2. The Balaban J connectivity index is 2.12. The van der Waals surface area contributed by atoms with Gasteiger partial charge in [0.1, 0.15) is 12.2 Å². The van der Waals surface area contributed by atoms with Gasteiger partial charge in [0.05, 0.1) is 6.61 Å². The first-order chi connectivity index (χ1) is 10.7. The second-order valence-electron chi connectivity index (χ2n) is 4.57. The van der Waals surface area contributed by atoms with Gasteiger partial charge >= 0.3 is 5.97 Å². The molecule has 0 radical (unpaired) electrons. The minimum atomic E-state index is -0.444. The normalized spacial score (nSPS) is 10.3. The molecule has 0 atom stereocenters. The third-order valence-corrected chi connectivity index (χ3v) is 3.08. The molecule has 0 saturated heterocycles. The van der Waals surface area contributed by atoms with Crippen LogP contribution in [0.1, 0.15) is 24.4 Å². The molecule has 0 bridgehead atoms. The topological polar surface area (TPSA) is 72.6 Å². The lowest BCUT2D eigenvalue weighted by Crippen LogP contribution is -2.36. The molecule has 2 aromatic rings. The number of benzene rings is 1. The number of carbonyl (C=O) groups is 2. The van der Waals surface area contributed by atoms with Gasteiger partial charge in [-0.3, -0.25) is 9.59 Å². The van der Waals surface area contributed by atoms with Gasteiger partial charge in [-0.15, -0.1) is 0 Å². The fourth-order valence-electron chi connectivity index (χ4n) is 1.97. The molecule has 1 heterocycles. The average molecular weight is 302 g/mol. The molecule has 0 aliphatic rings. The molecule has 0 aliphatic heterocycles. The van der Waals surface area contributed by atoms with Crippen molar-refractivity contribution in [2.45, 2.75) is 13.8 Å². The summed E-state index contributed by atoms with van der Waals surface area (Å²) in [7, 11) is 0. The van der Waals surface area contributed by atoms with Crippen LogP contribution in [-0.2, 0) is 9.53 Å². The van der Waals surface area contributed by atoms with Crippen LogP contribution in [0.25, 0.3) is 11.3 Å². The Labute approximate surface area is 128 Å². The standard InChI is InChI=1S/C16H18N2O4/c1-3-18(11-15(19)21-4-2)16(20)14-10-13(17-22-14)12-8-6-5-7-9-12/h5-10H,3-4,11H2,1-2H3. The second kappa shape index (κ2) is 7.40. The number of nitrogens with zero attached hydrogens (tertiary/aromatic N) is 2. The second-order valence-corrected chi connectivity index (χ2v) is 4.57. The van der Waals surface area contributed by atoms with Crippen molar-refractivity contribution in [3.05, 3.63) is 42.2 Å². The molecule has 0 spiro atoms. The fourth-order valence-corrected chi connectivity index (χ4v) is 1.97. The van der Waals surface area contributed by atoms with Crippen molar-refractivity contribution in [2.24, 2.45) is 0 Å². The highest BCUT2D eigenvalue weighted by Gasteiger charge is 2.22. The van der Waals surface area contributed by atoms with Crippen LogP contribution in [0.5, 0.6) is 0 Å². The van der Waals surface area contributed by atoms with Crippen LogP contribution in [-0.4, -0.2) is 41.6 Å². The van der Waals surface area contributed by atoms with Gasteiger partial charge in [-0.2, -0.15) is 0 Å². The van der Waals surface area contributed by atoms with E-state index in [-0.39, 0.29) is 24.8 Å². The third kappa shape index (κ3) is 3.72. The van der Waals surface area contributed by atoms with Crippen LogP contribution in [0.2, 0.25) is 0 Å². The van der Waals surface area contributed by atoms with E-state index < -0.39 is 5.97 Å². The molecule has 0 unspecified atom stereocenters. The van der Waals surface area contributed by atoms with Gasteiger partial charge < -0.3 is 14.2 Å². The lowest BCUT2D eigenvalue weighted by atomic mass is 10.1. The van der Waals surface area contributed by atoms with Gasteiger partial charge in [0, 0.05) is 18.2 Å². The first kappa shape index (κ1) is 15.8. The minimum Gasteiger partial charge on any atom is -0.465 e. The molecule has 0 saturated carbocycles. The molecule has 0 N–H and O–H groups in total. The van der Waals surface area contributed by atoms with Crippen LogP contribution >= 0.6 is 0 Å². The van der Waals surface area contributed by atoms with Crippen molar-refractivity contribution < 1.29 is 18.8 Å². The number of hydrogen-bond acceptors (Lipinski definition) is 5. The predicted molar refractivity (Wildman–Crippen MR) is 80.1 cm³/mol. The van der Waals surface area contributed by atoms with E-state index in [9.17, 15) is 9.59 Å². The van der Waals surface area contributed by atoms with Crippen molar-refractivity contribution >= 4 is 11.9 Å². The van der Waals surface area contributed by atoms with E-state index in [4.69, 9.17) is 9.26 Å². The number of amides is 1. The summed E-state index contributed by atoms with van der Waals surface area (Å²) in [6, 6.07) is 11.0. The number of ether oxygens (including phenoxy) is 1. The zero-order valence-corrected chi connectivity index (χ0v) is 12.6. The molecular formula is C16H18N2O4. The number of esters is 1. The van der Waals surface area contributed by atoms with Gasteiger partial charge in [-0.25, -0.2) is 0 Å². The van der Waals surface area contributed by atoms with Crippen molar-refractivity contribution in [1.29, 1.82) is 0 Å². The molecule has 2 rings (SSSR count). The van der Waals surface area contributed by atoms with Crippen molar-refractivity contribution in [3.8, 4) is 11.3 Å². The summed E-state index contributed by atoms with van der Waals surface area (Å²) in [5.41, 5.74) is 1.44. The molecule has 116 valence electrons. The Hall–Kier alpha value is -2.63. The Bertz CT molecular complexity index is 637.